The van der Waals surface area contributed by atoms with Gasteiger partial charge < -0.3 is 14.2 Å². The van der Waals surface area contributed by atoms with E-state index in [1.807, 2.05) is 0 Å². The molecule has 0 bridgehead atoms. The summed E-state index contributed by atoms with van der Waals surface area (Å²) in [7, 11) is 0. The number of rotatable bonds is 54. The number of unbranched alkanes of at least 4 members (excludes halogenated alkanes) is 37. The van der Waals surface area contributed by atoms with Gasteiger partial charge in [0.25, 0.3) is 0 Å². The van der Waals surface area contributed by atoms with E-state index in [-0.39, 0.29) is 31.1 Å². The second kappa shape index (κ2) is 56.2. The highest BCUT2D eigenvalue weighted by molar-refractivity contribution is 5.71. The van der Waals surface area contributed by atoms with E-state index < -0.39 is 6.10 Å². The average Bonchev–Trinajstić information content (AvgIpc) is 3.33. The first-order chi connectivity index (χ1) is 33.0. The molecule has 0 saturated heterocycles. The van der Waals surface area contributed by atoms with Crippen molar-refractivity contribution in [2.75, 3.05) is 13.2 Å². The minimum absolute atomic E-state index is 0.0725. The smallest absolute Gasteiger partial charge is 0.306 e. The van der Waals surface area contributed by atoms with E-state index >= 15 is 0 Å². The second-order valence-electron chi connectivity index (χ2n) is 19.9. The molecule has 0 aromatic heterocycles. The summed E-state index contributed by atoms with van der Waals surface area (Å²) in [4.78, 5) is 37.9. The first-order valence-electron chi connectivity index (χ1n) is 29.5. The van der Waals surface area contributed by atoms with E-state index in [1.54, 1.807) is 0 Å². The van der Waals surface area contributed by atoms with Gasteiger partial charge in [-0.3, -0.25) is 14.4 Å². The van der Waals surface area contributed by atoms with Crippen LogP contribution in [0.3, 0.4) is 0 Å². The average molecular weight is 942 g/mol. The first-order valence-corrected chi connectivity index (χ1v) is 29.5. The lowest BCUT2D eigenvalue weighted by molar-refractivity contribution is -0.167. The van der Waals surface area contributed by atoms with E-state index in [0.29, 0.717) is 19.3 Å². The largest absolute Gasteiger partial charge is 0.462 e. The van der Waals surface area contributed by atoms with Gasteiger partial charge in [-0.1, -0.05) is 282 Å². The SMILES string of the molecule is CC/C=C\C/C=C\C/C=C\CCCCCCCCCC(=O)OC(COC(=O)CCCCCCCC)COC(=O)CCCCCCCCCCCCCCCCCCCCCCCCCCCC. The molecule has 0 radical (unpaired) electrons. The van der Waals surface area contributed by atoms with Crippen molar-refractivity contribution >= 4 is 17.9 Å². The Bertz CT molecular complexity index is 1130. The number of carbonyl (C=O) groups excluding carboxylic acids is 3. The van der Waals surface area contributed by atoms with Crippen LogP contribution in [0.5, 0.6) is 0 Å². The molecule has 0 N–H and O–H groups in total. The Kier molecular flexibility index (Phi) is 54.2. The maximum Gasteiger partial charge on any atom is 0.306 e. The topological polar surface area (TPSA) is 78.9 Å². The molecule has 67 heavy (non-hydrogen) atoms. The van der Waals surface area contributed by atoms with Crippen LogP contribution in [0.4, 0.5) is 0 Å². The van der Waals surface area contributed by atoms with Gasteiger partial charge in [0.2, 0.25) is 0 Å². The van der Waals surface area contributed by atoms with E-state index in [4.69, 9.17) is 14.2 Å². The molecule has 0 rings (SSSR count). The maximum absolute atomic E-state index is 12.8. The van der Waals surface area contributed by atoms with E-state index in [0.717, 1.165) is 83.5 Å². The zero-order valence-corrected chi connectivity index (χ0v) is 44.9. The van der Waals surface area contributed by atoms with Crippen LogP contribution in [0.1, 0.15) is 316 Å². The van der Waals surface area contributed by atoms with Crippen LogP contribution in [0, 0.1) is 0 Å². The number of allylic oxidation sites excluding steroid dienone is 6. The third kappa shape index (κ3) is 54.4. The van der Waals surface area contributed by atoms with Gasteiger partial charge in [0.1, 0.15) is 13.2 Å². The highest BCUT2D eigenvalue weighted by Gasteiger charge is 2.19. The number of hydrogen-bond donors (Lipinski definition) is 0. The Hall–Kier alpha value is -2.37. The molecule has 0 aliphatic heterocycles. The summed E-state index contributed by atoms with van der Waals surface area (Å²) in [5, 5.41) is 0. The summed E-state index contributed by atoms with van der Waals surface area (Å²) in [5.74, 6) is -0.877. The molecule has 392 valence electrons. The molecule has 1 unspecified atom stereocenters. The van der Waals surface area contributed by atoms with Crippen molar-refractivity contribution in [1.29, 1.82) is 0 Å². The molecule has 1 atom stereocenters. The van der Waals surface area contributed by atoms with Crippen LogP contribution < -0.4 is 0 Å². The van der Waals surface area contributed by atoms with Gasteiger partial charge in [-0.15, -0.1) is 0 Å². The van der Waals surface area contributed by atoms with Gasteiger partial charge in [0.15, 0.2) is 6.10 Å². The summed E-state index contributed by atoms with van der Waals surface area (Å²) >= 11 is 0. The highest BCUT2D eigenvalue weighted by atomic mass is 16.6. The van der Waals surface area contributed by atoms with Crippen LogP contribution in [-0.2, 0) is 28.6 Å². The van der Waals surface area contributed by atoms with Gasteiger partial charge in [0, 0.05) is 19.3 Å². The minimum atomic E-state index is -0.771. The Morgan fingerprint density at radius 2 is 0.582 bits per heavy atom. The summed E-state index contributed by atoms with van der Waals surface area (Å²) in [6, 6.07) is 0. The normalized spacial score (nSPS) is 12.2. The fourth-order valence-corrected chi connectivity index (χ4v) is 8.75. The molecule has 0 aromatic rings. The third-order valence-corrected chi connectivity index (χ3v) is 13.2. The van der Waals surface area contributed by atoms with Crippen molar-refractivity contribution in [3.05, 3.63) is 36.5 Å². The monoisotopic (exact) mass is 941 g/mol. The van der Waals surface area contributed by atoms with Gasteiger partial charge >= 0.3 is 17.9 Å². The Morgan fingerprint density at radius 1 is 0.313 bits per heavy atom. The van der Waals surface area contributed by atoms with Crippen LogP contribution >= 0.6 is 0 Å². The molecule has 0 aromatic carbocycles. The number of ether oxygens (including phenoxy) is 3. The van der Waals surface area contributed by atoms with Gasteiger partial charge in [-0.25, -0.2) is 0 Å². The number of esters is 3. The predicted octanol–water partition coefficient (Wildman–Crippen LogP) is 19.7. The first kappa shape index (κ1) is 64.6. The molecular weight excluding hydrogens is 829 g/mol. The van der Waals surface area contributed by atoms with Crippen LogP contribution in [0.15, 0.2) is 36.5 Å². The summed E-state index contributed by atoms with van der Waals surface area (Å²) in [5.41, 5.74) is 0. The molecule has 6 nitrogen and oxygen atoms in total. The molecule has 6 heteroatoms. The van der Waals surface area contributed by atoms with E-state index in [2.05, 4.69) is 57.2 Å². The van der Waals surface area contributed by atoms with Crippen molar-refractivity contribution in [2.24, 2.45) is 0 Å². The molecule has 0 spiro atoms. The van der Waals surface area contributed by atoms with Crippen molar-refractivity contribution in [1.82, 2.24) is 0 Å². The zero-order chi connectivity index (χ0) is 48.6. The fourth-order valence-electron chi connectivity index (χ4n) is 8.75. The molecule has 0 aliphatic carbocycles. The summed E-state index contributed by atoms with van der Waals surface area (Å²) in [6.07, 6.45) is 67.6. The third-order valence-electron chi connectivity index (χ3n) is 13.2. The van der Waals surface area contributed by atoms with Crippen molar-refractivity contribution in [3.63, 3.8) is 0 Å². The number of carbonyl (C=O) groups is 3. The lowest BCUT2D eigenvalue weighted by Gasteiger charge is -2.18. The summed E-state index contributed by atoms with van der Waals surface area (Å²) < 4.78 is 16.8. The van der Waals surface area contributed by atoms with Crippen LogP contribution in [-0.4, -0.2) is 37.2 Å². The van der Waals surface area contributed by atoms with Crippen LogP contribution in [0.2, 0.25) is 0 Å². The standard InChI is InChI=1S/C61H112O6/c1-4-7-10-13-16-18-20-22-24-26-27-28-29-30-31-32-33-34-36-37-39-41-43-45-48-51-54-60(63)66-57-58(56-65-59(62)53-50-47-15-12-9-6-3)67-61(64)55-52-49-46-44-42-40-38-35-25-23-21-19-17-14-11-8-5-2/h8,11,17,19,23,25,58H,4-7,9-10,12-16,18,20-22,24,26-57H2,1-3H3/b11-8-,19-17-,25-23-. The minimum Gasteiger partial charge on any atom is -0.462 e. The molecule has 0 aliphatic rings. The van der Waals surface area contributed by atoms with E-state index in [1.165, 1.54) is 193 Å². The quantitative estimate of drug-likeness (QED) is 0.0262. The zero-order valence-electron chi connectivity index (χ0n) is 44.9. The Labute approximate surface area is 416 Å². The predicted molar refractivity (Wildman–Crippen MR) is 289 cm³/mol. The Morgan fingerprint density at radius 3 is 0.910 bits per heavy atom. The van der Waals surface area contributed by atoms with Gasteiger partial charge in [-0.2, -0.15) is 0 Å². The summed E-state index contributed by atoms with van der Waals surface area (Å²) in [6.45, 7) is 6.50. The highest BCUT2D eigenvalue weighted by Crippen LogP contribution is 2.17. The molecule has 0 saturated carbocycles. The second-order valence-corrected chi connectivity index (χ2v) is 19.9. The van der Waals surface area contributed by atoms with Crippen LogP contribution in [0.25, 0.3) is 0 Å². The molecule has 0 amide bonds. The lowest BCUT2D eigenvalue weighted by atomic mass is 10.0. The van der Waals surface area contributed by atoms with E-state index in [9.17, 15) is 14.4 Å². The fraction of sp³-hybridized carbons (Fsp3) is 0.852. The van der Waals surface area contributed by atoms with Crippen molar-refractivity contribution < 1.29 is 28.6 Å². The number of hydrogen-bond acceptors (Lipinski definition) is 6. The molecular formula is C61H112O6. The van der Waals surface area contributed by atoms with Gasteiger partial charge in [0.05, 0.1) is 0 Å². The molecule has 0 fully saturated rings. The van der Waals surface area contributed by atoms with Crippen molar-refractivity contribution in [3.8, 4) is 0 Å². The molecule has 0 heterocycles. The lowest BCUT2D eigenvalue weighted by Crippen LogP contribution is -2.30. The van der Waals surface area contributed by atoms with Gasteiger partial charge in [-0.05, 0) is 51.4 Å². The van der Waals surface area contributed by atoms with Crippen molar-refractivity contribution in [2.45, 2.75) is 322 Å². The Balaban J connectivity index is 4.04. The maximum atomic E-state index is 12.8.